The zero-order valence-corrected chi connectivity index (χ0v) is 12.5. The third-order valence-corrected chi connectivity index (χ3v) is 3.04. The number of hydrogen-bond acceptors (Lipinski definition) is 4. The summed E-state index contributed by atoms with van der Waals surface area (Å²) in [6.07, 6.45) is 0. The Morgan fingerprint density at radius 1 is 1.20 bits per heavy atom. The molecule has 0 aliphatic heterocycles. The van der Waals surface area contributed by atoms with Crippen LogP contribution in [0.3, 0.4) is 0 Å². The Labute approximate surface area is 123 Å². The Kier molecular flexibility index (Phi) is 4.20. The molecule has 5 heteroatoms. The minimum absolute atomic E-state index is 0.264. The summed E-state index contributed by atoms with van der Waals surface area (Å²) in [5.74, 6) is 1.60. The lowest BCUT2D eigenvalue weighted by Crippen LogP contribution is -2.14. The second-order valence-corrected chi connectivity index (χ2v) is 4.82. The molecule has 4 nitrogen and oxygen atoms in total. The van der Waals surface area contributed by atoms with E-state index in [0.717, 1.165) is 11.3 Å². The van der Waals surface area contributed by atoms with Gasteiger partial charge in [-0.1, -0.05) is 24.4 Å². The second kappa shape index (κ2) is 5.88. The summed E-state index contributed by atoms with van der Waals surface area (Å²) in [6.45, 7) is 3.82. The molecule has 2 N–H and O–H groups in total. The van der Waals surface area contributed by atoms with Crippen LogP contribution in [0, 0.1) is 13.8 Å². The highest BCUT2D eigenvalue weighted by molar-refractivity contribution is 7.80. The van der Waals surface area contributed by atoms with Crippen molar-refractivity contribution in [2.75, 3.05) is 7.11 Å². The van der Waals surface area contributed by atoms with Gasteiger partial charge in [-0.05, 0) is 37.6 Å². The maximum atomic E-state index is 5.85. The van der Waals surface area contributed by atoms with Gasteiger partial charge in [0.1, 0.15) is 4.99 Å². The Hall–Kier alpha value is -2.14. The van der Waals surface area contributed by atoms with Crippen LogP contribution >= 0.6 is 12.2 Å². The zero-order valence-electron chi connectivity index (χ0n) is 11.6. The first-order valence-electron chi connectivity index (χ1n) is 6.12. The number of ether oxygens (including phenoxy) is 2. The molecule has 1 aromatic carbocycles. The summed E-state index contributed by atoms with van der Waals surface area (Å²) in [7, 11) is 1.59. The Balaban J connectivity index is 2.50. The predicted octanol–water partition coefficient (Wildman–Crippen LogP) is 3.13. The molecule has 104 valence electrons. The average Bonchev–Trinajstić information content (AvgIpc) is 2.38. The number of aromatic nitrogens is 1. The summed E-state index contributed by atoms with van der Waals surface area (Å²) in [5.41, 5.74) is 8.20. The first kappa shape index (κ1) is 14.3. The summed E-state index contributed by atoms with van der Waals surface area (Å²) >= 11 is 5.08. The number of aryl methyl sites for hydroxylation is 2. The van der Waals surface area contributed by atoms with Crippen molar-refractivity contribution in [3.8, 4) is 17.4 Å². The van der Waals surface area contributed by atoms with Crippen molar-refractivity contribution in [1.82, 2.24) is 4.98 Å². The lowest BCUT2D eigenvalue weighted by atomic mass is 10.1. The lowest BCUT2D eigenvalue weighted by molar-refractivity contribution is 0.373. The van der Waals surface area contributed by atoms with E-state index < -0.39 is 0 Å². The standard InChI is InChI=1S/C15H16N2O2S/c1-9-8-10(2)17-15(13(9)14(16)20)19-12-7-5-4-6-11(12)18-3/h4-8H,1-3H3,(H2,16,20). The molecule has 0 unspecified atom stereocenters. The van der Waals surface area contributed by atoms with Crippen molar-refractivity contribution >= 4 is 17.2 Å². The smallest absolute Gasteiger partial charge is 0.230 e. The monoisotopic (exact) mass is 288 g/mol. The highest BCUT2D eigenvalue weighted by atomic mass is 32.1. The van der Waals surface area contributed by atoms with E-state index in [0.29, 0.717) is 22.9 Å². The molecular weight excluding hydrogens is 272 g/mol. The van der Waals surface area contributed by atoms with Crippen LogP contribution in [0.15, 0.2) is 30.3 Å². The molecule has 0 saturated heterocycles. The minimum Gasteiger partial charge on any atom is -0.493 e. The number of rotatable bonds is 4. The zero-order chi connectivity index (χ0) is 14.7. The largest absolute Gasteiger partial charge is 0.493 e. The topological polar surface area (TPSA) is 57.4 Å². The molecule has 0 amide bonds. The molecule has 0 aliphatic carbocycles. The van der Waals surface area contributed by atoms with Crippen LogP contribution in [0.25, 0.3) is 0 Å². The fourth-order valence-corrected chi connectivity index (χ4v) is 2.23. The van der Waals surface area contributed by atoms with Gasteiger partial charge in [0.05, 0.1) is 12.7 Å². The van der Waals surface area contributed by atoms with Gasteiger partial charge in [0.25, 0.3) is 0 Å². The van der Waals surface area contributed by atoms with E-state index in [1.54, 1.807) is 7.11 Å². The number of methoxy groups -OCH3 is 1. The van der Waals surface area contributed by atoms with Gasteiger partial charge in [-0.25, -0.2) is 4.98 Å². The predicted molar refractivity (Wildman–Crippen MR) is 82.7 cm³/mol. The number of pyridine rings is 1. The first-order valence-corrected chi connectivity index (χ1v) is 6.52. The van der Waals surface area contributed by atoms with Gasteiger partial charge < -0.3 is 15.2 Å². The molecule has 1 heterocycles. The number of nitrogens with zero attached hydrogens (tertiary/aromatic N) is 1. The maximum absolute atomic E-state index is 5.85. The van der Waals surface area contributed by atoms with E-state index in [1.165, 1.54) is 0 Å². The van der Waals surface area contributed by atoms with Gasteiger partial charge in [-0.2, -0.15) is 0 Å². The van der Waals surface area contributed by atoms with Crippen molar-refractivity contribution in [1.29, 1.82) is 0 Å². The van der Waals surface area contributed by atoms with Crippen molar-refractivity contribution in [3.05, 3.63) is 47.2 Å². The van der Waals surface area contributed by atoms with Crippen molar-refractivity contribution in [2.45, 2.75) is 13.8 Å². The van der Waals surface area contributed by atoms with Gasteiger partial charge in [-0.3, -0.25) is 0 Å². The van der Waals surface area contributed by atoms with Crippen LogP contribution in [0.5, 0.6) is 17.4 Å². The summed E-state index contributed by atoms with van der Waals surface area (Å²) in [6, 6.07) is 9.28. The Bertz CT molecular complexity index is 656. The van der Waals surface area contributed by atoms with Crippen LogP contribution in [-0.2, 0) is 0 Å². The minimum atomic E-state index is 0.264. The highest BCUT2D eigenvalue weighted by Crippen LogP contribution is 2.32. The molecule has 0 radical (unpaired) electrons. The van der Waals surface area contributed by atoms with Crippen LogP contribution < -0.4 is 15.2 Å². The normalized spacial score (nSPS) is 10.2. The molecule has 0 aliphatic rings. The molecule has 0 saturated carbocycles. The number of nitrogens with two attached hydrogens (primary N) is 1. The fourth-order valence-electron chi connectivity index (χ4n) is 1.98. The van der Waals surface area contributed by atoms with Crippen LogP contribution in [0.4, 0.5) is 0 Å². The molecule has 0 spiro atoms. The quantitative estimate of drug-likeness (QED) is 0.876. The number of hydrogen-bond donors (Lipinski definition) is 1. The lowest BCUT2D eigenvalue weighted by Gasteiger charge is -2.14. The van der Waals surface area contributed by atoms with E-state index in [1.807, 2.05) is 44.2 Å². The number of thiocarbonyl (C=S) groups is 1. The van der Waals surface area contributed by atoms with Gasteiger partial charge in [-0.15, -0.1) is 0 Å². The third-order valence-electron chi connectivity index (χ3n) is 2.83. The van der Waals surface area contributed by atoms with Crippen LogP contribution in [0.1, 0.15) is 16.8 Å². The maximum Gasteiger partial charge on any atom is 0.230 e. The number of para-hydroxylation sites is 2. The van der Waals surface area contributed by atoms with Gasteiger partial charge >= 0.3 is 0 Å². The van der Waals surface area contributed by atoms with Gasteiger partial charge in [0, 0.05) is 5.69 Å². The molecule has 20 heavy (non-hydrogen) atoms. The first-order chi connectivity index (χ1) is 9.52. The Morgan fingerprint density at radius 3 is 2.45 bits per heavy atom. The molecule has 0 atom stereocenters. The SMILES string of the molecule is COc1ccccc1Oc1nc(C)cc(C)c1C(N)=S. The highest BCUT2D eigenvalue weighted by Gasteiger charge is 2.15. The molecule has 0 bridgehead atoms. The van der Waals surface area contributed by atoms with Crippen LogP contribution in [-0.4, -0.2) is 17.1 Å². The van der Waals surface area contributed by atoms with E-state index in [-0.39, 0.29) is 4.99 Å². The van der Waals surface area contributed by atoms with E-state index in [4.69, 9.17) is 27.4 Å². The molecule has 1 aromatic heterocycles. The summed E-state index contributed by atoms with van der Waals surface area (Å²) in [5, 5.41) is 0. The molecule has 2 aromatic rings. The average molecular weight is 288 g/mol. The Morgan fingerprint density at radius 2 is 1.85 bits per heavy atom. The molecular formula is C15H16N2O2S. The van der Waals surface area contributed by atoms with E-state index in [2.05, 4.69) is 4.98 Å². The van der Waals surface area contributed by atoms with Gasteiger partial charge in [0.2, 0.25) is 5.88 Å². The summed E-state index contributed by atoms with van der Waals surface area (Å²) in [4.78, 5) is 4.64. The van der Waals surface area contributed by atoms with E-state index in [9.17, 15) is 0 Å². The van der Waals surface area contributed by atoms with Crippen molar-refractivity contribution < 1.29 is 9.47 Å². The fraction of sp³-hybridized carbons (Fsp3) is 0.200. The second-order valence-electron chi connectivity index (χ2n) is 4.38. The van der Waals surface area contributed by atoms with Crippen molar-refractivity contribution in [2.24, 2.45) is 5.73 Å². The number of benzene rings is 1. The van der Waals surface area contributed by atoms with Crippen LogP contribution in [0.2, 0.25) is 0 Å². The molecule has 2 rings (SSSR count). The summed E-state index contributed by atoms with van der Waals surface area (Å²) < 4.78 is 11.1. The van der Waals surface area contributed by atoms with E-state index >= 15 is 0 Å². The van der Waals surface area contributed by atoms with Crippen molar-refractivity contribution in [3.63, 3.8) is 0 Å². The van der Waals surface area contributed by atoms with Gasteiger partial charge in [0.15, 0.2) is 11.5 Å². The molecule has 0 fully saturated rings. The third kappa shape index (κ3) is 2.88.